The molecule has 4 aliphatic rings. The molecule has 2 aliphatic heterocycles. The number of fused-ring (bicyclic) bond motifs is 1. The van der Waals surface area contributed by atoms with E-state index in [1.807, 2.05) is 4.90 Å². The van der Waals surface area contributed by atoms with E-state index < -0.39 is 0 Å². The molecule has 1 unspecified atom stereocenters. The number of hydrogen-bond donors (Lipinski definition) is 2. The molecule has 2 saturated carbocycles. The molecule has 0 radical (unpaired) electrons. The second kappa shape index (κ2) is 6.66. The highest BCUT2D eigenvalue weighted by Gasteiger charge is 2.51. The van der Waals surface area contributed by atoms with Crippen molar-refractivity contribution < 1.29 is 9.59 Å². The van der Waals surface area contributed by atoms with Crippen LogP contribution in [-0.2, 0) is 9.59 Å². The molecule has 2 aliphatic carbocycles. The smallest absolute Gasteiger partial charge is 0.230 e. The van der Waals surface area contributed by atoms with Crippen LogP contribution in [0.1, 0.15) is 51.4 Å². The first kappa shape index (κ1) is 16.4. The van der Waals surface area contributed by atoms with Crippen LogP contribution in [0, 0.1) is 23.2 Å². The Labute approximate surface area is 144 Å². The number of nitrogens with zero attached hydrogens (tertiary/aromatic N) is 1. The molecule has 24 heavy (non-hydrogen) atoms. The SMILES string of the molecule is O=C(NCC1CC1)C1CCCN(C(=O)[C@@]23CCCC[C@H]2CNC3)C1. The van der Waals surface area contributed by atoms with E-state index in [1.165, 1.54) is 32.1 Å². The topological polar surface area (TPSA) is 61.4 Å². The van der Waals surface area contributed by atoms with Gasteiger partial charge in [-0.15, -0.1) is 0 Å². The van der Waals surface area contributed by atoms with Gasteiger partial charge in [0, 0.05) is 26.2 Å². The zero-order valence-electron chi connectivity index (χ0n) is 14.7. The summed E-state index contributed by atoms with van der Waals surface area (Å²) in [4.78, 5) is 27.8. The Kier molecular flexibility index (Phi) is 4.54. The Bertz CT molecular complexity index is 505. The summed E-state index contributed by atoms with van der Waals surface area (Å²) in [5.74, 6) is 1.71. The van der Waals surface area contributed by atoms with Crippen LogP contribution in [0.4, 0.5) is 0 Å². The summed E-state index contributed by atoms with van der Waals surface area (Å²) >= 11 is 0. The maximum absolute atomic E-state index is 13.4. The van der Waals surface area contributed by atoms with Crippen molar-refractivity contribution in [2.24, 2.45) is 23.2 Å². The summed E-state index contributed by atoms with van der Waals surface area (Å²) in [5.41, 5.74) is -0.176. The lowest BCUT2D eigenvalue weighted by molar-refractivity contribution is -0.148. The molecule has 4 rings (SSSR count). The molecule has 0 aromatic carbocycles. The van der Waals surface area contributed by atoms with E-state index in [2.05, 4.69) is 10.6 Å². The van der Waals surface area contributed by atoms with Gasteiger partial charge in [-0.2, -0.15) is 0 Å². The van der Waals surface area contributed by atoms with Gasteiger partial charge in [-0.1, -0.05) is 12.8 Å². The van der Waals surface area contributed by atoms with Crippen molar-refractivity contribution in [3.05, 3.63) is 0 Å². The van der Waals surface area contributed by atoms with Crippen molar-refractivity contribution in [2.45, 2.75) is 51.4 Å². The van der Waals surface area contributed by atoms with Crippen molar-refractivity contribution >= 4 is 11.8 Å². The van der Waals surface area contributed by atoms with Crippen molar-refractivity contribution in [3.63, 3.8) is 0 Å². The summed E-state index contributed by atoms with van der Waals surface area (Å²) in [6.07, 6.45) is 9.03. The third-order valence-corrected chi connectivity index (χ3v) is 6.81. The van der Waals surface area contributed by atoms with Crippen LogP contribution in [-0.4, -0.2) is 49.4 Å². The van der Waals surface area contributed by atoms with Crippen molar-refractivity contribution in [1.29, 1.82) is 0 Å². The molecule has 4 fully saturated rings. The lowest BCUT2D eigenvalue weighted by Gasteiger charge is -2.43. The second-order valence-corrected chi connectivity index (χ2v) is 8.51. The maximum Gasteiger partial charge on any atom is 0.230 e. The van der Waals surface area contributed by atoms with Gasteiger partial charge in [-0.05, 0) is 56.9 Å². The second-order valence-electron chi connectivity index (χ2n) is 8.51. The highest BCUT2D eigenvalue weighted by molar-refractivity contribution is 5.85. The van der Waals surface area contributed by atoms with Crippen LogP contribution < -0.4 is 10.6 Å². The highest BCUT2D eigenvalue weighted by atomic mass is 16.2. The lowest BCUT2D eigenvalue weighted by Crippen LogP contribution is -2.54. The molecule has 3 atom stereocenters. The van der Waals surface area contributed by atoms with Gasteiger partial charge in [0.05, 0.1) is 11.3 Å². The Balaban J connectivity index is 1.39. The minimum atomic E-state index is -0.176. The average molecular weight is 333 g/mol. The quantitative estimate of drug-likeness (QED) is 0.820. The van der Waals surface area contributed by atoms with Gasteiger partial charge in [0.25, 0.3) is 0 Å². The average Bonchev–Trinajstić information content (AvgIpc) is 3.35. The molecular weight excluding hydrogens is 302 g/mol. The van der Waals surface area contributed by atoms with Crippen LogP contribution >= 0.6 is 0 Å². The monoisotopic (exact) mass is 333 g/mol. The van der Waals surface area contributed by atoms with E-state index in [9.17, 15) is 9.59 Å². The zero-order chi connectivity index (χ0) is 16.6. The van der Waals surface area contributed by atoms with Gasteiger partial charge in [0.15, 0.2) is 0 Å². The molecule has 134 valence electrons. The Morgan fingerprint density at radius 1 is 1.12 bits per heavy atom. The van der Waals surface area contributed by atoms with E-state index in [4.69, 9.17) is 0 Å². The first-order valence-electron chi connectivity index (χ1n) is 9.97. The van der Waals surface area contributed by atoms with Crippen LogP contribution in [0.25, 0.3) is 0 Å². The number of amides is 2. The summed E-state index contributed by atoms with van der Waals surface area (Å²) in [7, 11) is 0. The largest absolute Gasteiger partial charge is 0.356 e. The van der Waals surface area contributed by atoms with Gasteiger partial charge in [0.1, 0.15) is 0 Å². The third kappa shape index (κ3) is 3.07. The number of carbonyl (C=O) groups is 2. The molecule has 0 aromatic rings. The Morgan fingerprint density at radius 3 is 2.83 bits per heavy atom. The third-order valence-electron chi connectivity index (χ3n) is 6.81. The number of nitrogens with one attached hydrogen (secondary N) is 2. The van der Waals surface area contributed by atoms with Crippen LogP contribution in [0.15, 0.2) is 0 Å². The first-order chi connectivity index (χ1) is 11.7. The van der Waals surface area contributed by atoms with Crippen LogP contribution in [0.3, 0.4) is 0 Å². The number of rotatable bonds is 4. The lowest BCUT2D eigenvalue weighted by atomic mass is 9.67. The number of likely N-dealkylation sites (tertiary alicyclic amines) is 1. The van der Waals surface area contributed by atoms with Crippen LogP contribution in [0.5, 0.6) is 0 Å². The normalized spacial score (nSPS) is 36.2. The number of piperidine rings is 1. The fraction of sp³-hybridized carbons (Fsp3) is 0.895. The van der Waals surface area contributed by atoms with E-state index in [1.54, 1.807) is 0 Å². The Morgan fingerprint density at radius 2 is 2.00 bits per heavy atom. The predicted octanol–water partition coefficient (Wildman–Crippen LogP) is 1.53. The number of carbonyl (C=O) groups excluding carboxylic acids is 2. The standard InChI is InChI=1S/C19H31N3O2/c23-17(21-10-14-6-7-14)15-4-3-9-22(12-15)18(24)19-8-2-1-5-16(19)11-20-13-19/h14-16,20H,1-13H2,(H,21,23)/t15?,16-,19+/m0/s1. The summed E-state index contributed by atoms with van der Waals surface area (Å²) in [5, 5.41) is 6.58. The molecule has 0 spiro atoms. The Hall–Kier alpha value is -1.10. The predicted molar refractivity (Wildman–Crippen MR) is 92.3 cm³/mol. The van der Waals surface area contributed by atoms with Gasteiger partial charge < -0.3 is 15.5 Å². The summed E-state index contributed by atoms with van der Waals surface area (Å²) in [6.45, 7) is 4.12. The van der Waals surface area contributed by atoms with Gasteiger partial charge in [-0.25, -0.2) is 0 Å². The van der Waals surface area contributed by atoms with Crippen LogP contribution in [0.2, 0.25) is 0 Å². The molecule has 2 heterocycles. The molecule has 2 amide bonds. The maximum atomic E-state index is 13.4. The van der Waals surface area contributed by atoms with Gasteiger partial charge >= 0.3 is 0 Å². The van der Waals surface area contributed by atoms with Crippen molar-refractivity contribution in [3.8, 4) is 0 Å². The molecule has 5 heteroatoms. The first-order valence-corrected chi connectivity index (χ1v) is 9.97. The summed E-state index contributed by atoms with van der Waals surface area (Å²) in [6, 6.07) is 0. The fourth-order valence-corrected chi connectivity index (χ4v) is 5.07. The fourth-order valence-electron chi connectivity index (χ4n) is 5.07. The number of hydrogen-bond acceptors (Lipinski definition) is 3. The van der Waals surface area contributed by atoms with Crippen molar-refractivity contribution in [1.82, 2.24) is 15.5 Å². The van der Waals surface area contributed by atoms with E-state index in [-0.39, 0.29) is 17.2 Å². The van der Waals surface area contributed by atoms with Gasteiger partial charge in [0.2, 0.25) is 11.8 Å². The minimum Gasteiger partial charge on any atom is -0.356 e. The van der Waals surface area contributed by atoms with E-state index in [0.29, 0.717) is 24.3 Å². The molecule has 0 bridgehead atoms. The van der Waals surface area contributed by atoms with Gasteiger partial charge in [-0.3, -0.25) is 9.59 Å². The molecule has 5 nitrogen and oxygen atoms in total. The molecular formula is C19H31N3O2. The summed E-state index contributed by atoms with van der Waals surface area (Å²) < 4.78 is 0. The minimum absolute atomic E-state index is 0.00532. The zero-order valence-corrected chi connectivity index (χ0v) is 14.7. The molecule has 2 saturated heterocycles. The van der Waals surface area contributed by atoms with E-state index >= 15 is 0 Å². The molecule has 2 N–H and O–H groups in total. The molecule has 0 aromatic heterocycles. The van der Waals surface area contributed by atoms with E-state index in [0.717, 1.165) is 45.4 Å². The highest BCUT2D eigenvalue weighted by Crippen LogP contribution is 2.45. The van der Waals surface area contributed by atoms with Crippen molar-refractivity contribution in [2.75, 3.05) is 32.7 Å².